The van der Waals surface area contributed by atoms with Gasteiger partial charge in [-0.05, 0) is 96.8 Å². The predicted octanol–water partition coefficient (Wildman–Crippen LogP) is 9.68. The molecule has 2 atom stereocenters. The fourth-order valence-electron chi connectivity index (χ4n) is 5.35. The lowest BCUT2D eigenvalue weighted by molar-refractivity contribution is -0.138. The van der Waals surface area contributed by atoms with Crippen molar-refractivity contribution in [3.8, 4) is 11.5 Å². The van der Waals surface area contributed by atoms with E-state index in [0.717, 1.165) is 24.3 Å². The topological polar surface area (TPSA) is 58.6 Å². The van der Waals surface area contributed by atoms with Crippen LogP contribution < -0.4 is 15.0 Å². The third-order valence-electron chi connectivity index (χ3n) is 7.59. The van der Waals surface area contributed by atoms with Crippen molar-refractivity contribution in [2.24, 2.45) is 0 Å². The van der Waals surface area contributed by atoms with Gasteiger partial charge in [-0.25, -0.2) is 0 Å². The first-order valence-electron chi connectivity index (χ1n) is 14.3. The maximum Gasteiger partial charge on any atom is 0.416 e. The van der Waals surface area contributed by atoms with Gasteiger partial charge in [0.25, 0.3) is 0 Å². The molecule has 2 fully saturated rings. The molecule has 0 aromatic heterocycles. The molecule has 46 heavy (non-hydrogen) atoms. The summed E-state index contributed by atoms with van der Waals surface area (Å²) in [6, 6.07) is 23.3. The molecule has 5 nitrogen and oxygen atoms in total. The van der Waals surface area contributed by atoms with Crippen LogP contribution in [0.4, 0.5) is 32.0 Å². The van der Waals surface area contributed by atoms with Gasteiger partial charge in [-0.15, -0.1) is 0 Å². The highest BCUT2D eigenvalue weighted by Crippen LogP contribution is 2.40. The molecule has 0 unspecified atom stereocenters. The van der Waals surface area contributed by atoms with Gasteiger partial charge >= 0.3 is 12.4 Å². The van der Waals surface area contributed by atoms with Crippen molar-refractivity contribution in [2.45, 2.75) is 50.1 Å². The molecule has 0 radical (unpaired) electrons. The van der Waals surface area contributed by atoms with Crippen LogP contribution in [-0.4, -0.2) is 11.8 Å². The average molecular weight is 661 g/mol. The molecule has 6 rings (SSSR count). The first-order chi connectivity index (χ1) is 21.8. The van der Waals surface area contributed by atoms with Gasteiger partial charge in [0.15, 0.2) is 0 Å². The Morgan fingerprint density at radius 1 is 0.696 bits per heavy atom. The smallest absolute Gasteiger partial charge is 0.416 e. The quantitative estimate of drug-likeness (QED) is 0.217. The Bertz CT molecular complexity index is 1690. The number of halogens is 7. The van der Waals surface area contributed by atoms with Crippen molar-refractivity contribution in [2.75, 3.05) is 4.90 Å². The standard InChI is InChI=1S/C23H17ClF3NO2.C11H10F3NO/c24-17-4-8-19(9-5-17)30-20-10-6-18(7-11-20)28-21(12-13-22(28)29)15-2-1-3-16(14-15)23(25,26)27;12-11(13,14)8-3-1-2-7(6-8)9-4-5-10(16)15-9/h1-11,14,21H,12-13H2;1-3,6,9H,4-5H2,(H,15,16)/t21-;9-/m11/s1. The monoisotopic (exact) mass is 660 g/mol. The molecule has 0 spiro atoms. The summed E-state index contributed by atoms with van der Waals surface area (Å²) >= 11 is 5.87. The SMILES string of the molecule is O=C1CC[C@H](c2cccc(C(F)(F)F)c2)N1.O=C1CC[C@H](c2cccc(C(F)(F)F)c2)N1c1ccc(Oc2ccc(Cl)cc2)cc1. The minimum atomic E-state index is -4.43. The minimum Gasteiger partial charge on any atom is -0.457 e. The molecule has 4 aromatic carbocycles. The first-order valence-corrected chi connectivity index (χ1v) is 14.6. The van der Waals surface area contributed by atoms with Crippen LogP contribution in [0.2, 0.25) is 5.02 Å². The van der Waals surface area contributed by atoms with E-state index in [9.17, 15) is 35.9 Å². The number of ether oxygens (including phenoxy) is 1. The van der Waals surface area contributed by atoms with Gasteiger partial charge in [-0.2, -0.15) is 26.3 Å². The van der Waals surface area contributed by atoms with Crippen molar-refractivity contribution in [1.82, 2.24) is 5.32 Å². The number of benzene rings is 4. The Hall–Kier alpha value is -4.51. The molecule has 12 heteroatoms. The summed E-state index contributed by atoms with van der Waals surface area (Å²) in [6.07, 6.45) is -7.09. The van der Waals surface area contributed by atoms with Crippen LogP contribution in [-0.2, 0) is 21.9 Å². The number of rotatable bonds is 5. The maximum absolute atomic E-state index is 13.1. The average Bonchev–Trinajstić information content (AvgIpc) is 3.64. The van der Waals surface area contributed by atoms with Gasteiger partial charge in [-0.1, -0.05) is 35.9 Å². The van der Waals surface area contributed by atoms with E-state index in [0.29, 0.717) is 52.6 Å². The summed E-state index contributed by atoms with van der Waals surface area (Å²) in [5, 5.41) is 3.25. The number of alkyl halides is 6. The fraction of sp³-hybridized carbons (Fsp3) is 0.235. The van der Waals surface area contributed by atoms with Gasteiger partial charge in [0.05, 0.1) is 23.2 Å². The molecule has 0 saturated carbocycles. The van der Waals surface area contributed by atoms with Crippen LogP contribution in [0.3, 0.4) is 0 Å². The van der Waals surface area contributed by atoms with Crippen LogP contribution in [0, 0.1) is 0 Å². The van der Waals surface area contributed by atoms with Gasteiger partial charge in [0.2, 0.25) is 11.8 Å². The van der Waals surface area contributed by atoms with Gasteiger partial charge in [0.1, 0.15) is 11.5 Å². The normalized spacial score (nSPS) is 18.2. The lowest BCUT2D eigenvalue weighted by atomic mass is 10.0. The van der Waals surface area contributed by atoms with E-state index in [1.165, 1.54) is 12.1 Å². The summed E-state index contributed by atoms with van der Waals surface area (Å²) in [6.45, 7) is 0. The molecular formula is C34H27ClF6N2O3. The molecule has 240 valence electrons. The van der Waals surface area contributed by atoms with Gasteiger partial charge in [-0.3, -0.25) is 9.59 Å². The van der Waals surface area contributed by atoms with Crippen molar-refractivity contribution in [3.63, 3.8) is 0 Å². The van der Waals surface area contributed by atoms with E-state index >= 15 is 0 Å². The van der Waals surface area contributed by atoms with E-state index in [-0.39, 0.29) is 24.3 Å². The molecule has 1 N–H and O–H groups in total. The van der Waals surface area contributed by atoms with E-state index in [4.69, 9.17) is 16.3 Å². The van der Waals surface area contributed by atoms with Gasteiger partial charge in [0, 0.05) is 23.6 Å². The van der Waals surface area contributed by atoms with Crippen molar-refractivity contribution in [3.05, 3.63) is 124 Å². The van der Waals surface area contributed by atoms with Crippen molar-refractivity contribution in [1.29, 1.82) is 0 Å². The van der Waals surface area contributed by atoms with Crippen LogP contribution >= 0.6 is 11.6 Å². The van der Waals surface area contributed by atoms with E-state index in [2.05, 4.69) is 5.32 Å². The van der Waals surface area contributed by atoms with Crippen LogP contribution in [0.5, 0.6) is 11.5 Å². The van der Waals surface area contributed by atoms with Crippen LogP contribution in [0.25, 0.3) is 0 Å². The summed E-state index contributed by atoms with van der Waals surface area (Å²) < 4.78 is 82.4. The van der Waals surface area contributed by atoms with Crippen molar-refractivity contribution >= 4 is 29.1 Å². The molecule has 4 aromatic rings. The zero-order valence-electron chi connectivity index (χ0n) is 24.0. The Labute approximate surface area is 265 Å². The van der Waals surface area contributed by atoms with E-state index < -0.39 is 29.5 Å². The summed E-state index contributed by atoms with van der Waals surface area (Å²) in [4.78, 5) is 25.0. The second-order valence-corrected chi connectivity index (χ2v) is 11.2. The number of hydrogen-bond acceptors (Lipinski definition) is 3. The number of nitrogens with one attached hydrogen (secondary N) is 1. The number of nitrogens with zero attached hydrogens (tertiary/aromatic N) is 1. The molecule has 2 saturated heterocycles. The second-order valence-electron chi connectivity index (χ2n) is 10.8. The molecule has 0 aliphatic carbocycles. The first kappa shape index (κ1) is 32.9. The molecule has 0 bridgehead atoms. The minimum absolute atomic E-state index is 0.109. The third-order valence-corrected chi connectivity index (χ3v) is 7.84. The molecule has 2 aliphatic rings. The lowest BCUT2D eigenvalue weighted by Crippen LogP contribution is -2.27. The van der Waals surface area contributed by atoms with Crippen LogP contribution in [0.15, 0.2) is 97.1 Å². The third kappa shape index (κ3) is 8.00. The van der Waals surface area contributed by atoms with E-state index in [1.807, 2.05) is 0 Å². The predicted molar refractivity (Wildman–Crippen MR) is 160 cm³/mol. The lowest BCUT2D eigenvalue weighted by Gasteiger charge is -2.26. The number of carbonyl (C=O) groups excluding carboxylic acids is 2. The Morgan fingerprint density at radius 2 is 1.24 bits per heavy atom. The Morgan fingerprint density at radius 3 is 1.78 bits per heavy atom. The largest absolute Gasteiger partial charge is 0.457 e. The molecule has 2 heterocycles. The highest BCUT2D eigenvalue weighted by Gasteiger charge is 2.36. The zero-order valence-corrected chi connectivity index (χ0v) is 24.8. The number of carbonyl (C=O) groups is 2. The highest BCUT2D eigenvalue weighted by atomic mass is 35.5. The Kier molecular flexibility index (Phi) is 9.62. The highest BCUT2D eigenvalue weighted by molar-refractivity contribution is 6.30. The number of hydrogen-bond donors (Lipinski definition) is 1. The summed E-state index contributed by atoms with van der Waals surface area (Å²) in [5.41, 5.74) is 0.207. The van der Waals surface area contributed by atoms with Crippen molar-refractivity contribution < 1.29 is 40.7 Å². The Balaban J connectivity index is 0.000000219. The molecule has 2 aliphatic heterocycles. The second kappa shape index (κ2) is 13.5. The van der Waals surface area contributed by atoms with Gasteiger partial charge < -0.3 is 15.0 Å². The molecular weight excluding hydrogens is 634 g/mol. The fourth-order valence-corrected chi connectivity index (χ4v) is 5.48. The molecule has 2 amide bonds. The zero-order chi connectivity index (χ0) is 33.1. The maximum atomic E-state index is 13.1. The van der Waals surface area contributed by atoms with E-state index in [1.54, 1.807) is 65.6 Å². The van der Waals surface area contributed by atoms with Crippen LogP contribution in [0.1, 0.15) is 60.0 Å². The summed E-state index contributed by atoms with van der Waals surface area (Å²) in [7, 11) is 0. The summed E-state index contributed by atoms with van der Waals surface area (Å²) in [5.74, 6) is 0.959. The number of anilines is 1. The number of amides is 2.